The third kappa shape index (κ3) is 4.77. The summed E-state index contributed by atoms with van der Waals surface area (Å²) < 4.78 is 25.5. The molecule has 0 N–H and O–H groups in total. The lowest BCUT2D eigenvalue weighted by Gasteiger charge is -2.39. The summed E-state index contributed by atoms with van der Waals surface area (Å²) in [7, 11) is 1.61. The van der Waals surface area contributed by atoms with Gasteiger partial charge in [0, 0.05) is 45.4 Å². The number of ether oxygens (including phenoxy) is 2. The van der Waals surface area contributed by atoms with E-state index in [9.17, 15) is 9.59 Å². The van der Waals surface area contributed by atoms with Crippen LogP contribution in [0, 0.1) is 0 Å². The first-order valence-electron chi connectivity index (χ1n) is 9.48. The number of benzene rings is 1. The standard InChI is InChI=1S/C20H27FN2O4/c1-26-17-5-2-16(3-6-17)4-7-18(24)22-10-8-20(21,9-11-22)19(25)23-12-14-27-15-13-23/h2-3,5-6H,4,7-15H2,1H3. The maximum absolute atomic E-state index is 15.1. The van der Waals surface area contributed by atoms with Gasteiger partial charge in [-0.15, -0.1) is 0 Å². The van der Waals surface area contributed by atoms with Gasteiger partial charge in [0.05, 0.1) is 20.3 Å². The van der Waals surface area contributed by atoms with Crippen LogP contribution < -0.4 is 4.74 Å². The highest BCUT2D eigenvalue weighted by atomic mass is 19.1. The van der Waals surface area contributed by atoms with E-state index in [1.165, 1.54) is 0 Å². The molecule has 7 heteroatoms. The van der Waals surface area contributed by atoms with E-state index < -0.39 is 11.6 Å². The van der Waals surface area contributed by atoms with E-state index in [0.717, 1.165) is 11.3 Å². The van der Waals surface area contributed by atoms with Gasteiger partial charge in [0.25, 0.3) is 5.91 Å². The smallest absolute Gasteiger partial charge is 0.260 e. The summed E-state index contributed by atoms with van der Waals surface area (Å²) in [6.07, 6.45) is 1.14. The van der Waals surface area contributed by atoms with Crippen molar-refractivity contribution in [2.24, 2.45) is 0 Å². The molecular formula is C20H27FN2O4. The van der Waals surface area contributed by atoms with Crippen molar-refractivity contribution in [1.29, 1.82) is 0 Å². The highest BCUT2D eigenvalue weighted by Gasteiger charge is 2.45. The summed E-state index contributed by atoms with van der Waals surface area (Å²) in [6.45, 7) is 2.36. The second kappa shape index (κ2) is 8.69. The zero-order valence-electron chi connectivity index (χ0n) is 15.8. The molecule has 0 unspecified atom stereocenters. The van der Waals surface area contributed by atoms with Crippen LogP contribution in [0.2, 0.25) is 0 Å². The Labute approximate surface area is 159 Å². The maximum atomic E-state index is 15.1. The van der Waals surface area contributed by atoms with Gasteiger partial charge >= 0.3 is 0 Å². The molecule has 0 spiro atoms. The minimum atomic E-state index is -1.86. The van der Waals surface area contributed by atoms with Crippen LogP contribution in [0.15, 0.2) is 24.3 Å². The number of alkyl halides is 1. The van der Waals surface area contributed by atoms with Gasteiger partial charge in [0.15, 0.2) is 5.67 Å². The van der Waals surface area contributed by atoms with E-state index in [0.29, 0.717) is 39.1 Å². The zero-order chi connectivity index (χ0) is 19.3. The minimum Gasteiger partial charge on any atom is -0.497 e. The number of hydrogen-bond donors (Lipinski definition) is 0. The maximum Gasteiger partial charge on any atom is 0.260 e. The van der Waals surface area contributed by atoms with Crippen LogP contribution in [-0.2, 0) is 20.7 Å². The fraction of sp³-hybridized carbons (Fsp3) is 0.600. The number of carbonyl (C=O) groups excluding carboxylic acids is 2. The lowest BCUT2D eigenvalue weighted by atomic mass is 9.91. The highest BCUT2D eigenvalue weighted by Crippen LogP contribution is 2.29. The summed E-state index contributed by atoms with van der Waals surface area (Å²) in [4.78, 5) is 28.2. The molecule has 6 nitrogen and oxygen atoms in total. The topological polar surface area (TPSA) is 59.1 Å². The van der Waals surface area contributed by atoms with E-state index in [-0.39, 0.29) is 31.8 Å². The molecule has 2 aliphatic rings. The molecule has 0 bridgehead atoms. The summed E-state index contributed by atoms with van der Waals surface area (Å²) in [5, 5.41) is 0. The molecule has 2 amide bonds. The van der Waals surface area contributed by atoms with Gasteiger partial charge in [-0.3, -0.25) is 9.59 Å². The van der Waals surface area contributed by atoms with E-state index in [1.54, 1.807) is 16.9 Å². The predicted molar refractivity (Wildman–Crippen MR) is 98.4 cm³/mol. The fourth-order valence-corrected chi connectivity index (χ4v) is 3.58. The first-order valence-corrected chi connectivity index (χ1v) is 9.48. The lowest BCUT2D eigenvalue weighted by Crippen LogP contribution is -2.55. The number of halogens is 1. The van der Waals surface area contributed by atoms with Crippen LogP contribution in [0.1, 0.15) is 24.8 Å². The second-order valence-corrected chi connectivity index (χ2v) is 7.10. The fourth-order valence-electron chi connectivity index (χ4n) is 3.58. The van der Waals surface area contributed by atoms with Gasteiger partial charge in [0.2, 0.25) is 5.91 Å². The van der Waals surface area contributed by atoms with Crippen molar-refractivity contribution >= 4 is 11.8 Å². The van der Waals surface area contributed by atoms with Gasteiger partial charge in [-0.1, -0.05) is 12.1 Å². The van der Waals surface area contributed by atoms with E-state index >= 15 is 4.39 Å². The van der Waals surface area contributed by atoms with E-state index in [4.69, 9.17) is 9.47 Å². The van der Waals surface area contributed by atoms with Crippen molar-refractivity contribution in [3.05, 3.63) is 29.8 Å². The molecule has 0 radical (unpaired) electrons. The lowest BCUT2D eigenvalue weighted by molar-refractivity contribution is -0.153. The molecule has 27 heavy (non-hydrogen) atoms. The number of morpholine rings is 1. The summed E-state index contributed by atoms with van der Waals surface area (Å²) in [5.74, 6) is 0.341. The van der Waals surface area contributed by atoms with Crippen LogP contribution in [0.25, 0.3) is 0 Å². The van der Waals surface area contributed by atoms with Crippen molar-refractivity contribution < 1.29 is 23.5 Å². The van der Waals surface area contributed by atoms with Crippen LogP contribution in [0.5, 0.6) is 5.75 Å². The Morgan fingerprint density at radius 2 is 1.70 bits per heavy atom. The molecule has 0 saturated carbocycles. The zero-order valence-corrected chi connectivity index (χ0v) is 15.8. The quantitative estimate of drug-likeness (QED) is 0.784. The number of likely N-dealkylation sites (tertiary alicyclic amines) is 1. The van der Waals surface area contributed by atoms with Gasteiger partial charge < -0.3 is 19.3 Å². The Hall–Kier alpha value is -2.15. The van der Waals surface area contributed by atoms with Gasteiger partial charge in [0.1, 0.15) is 5.75 Å². The molecule has 2 heterocycles. The molecule has 3 rings (SSSR count). The molecule has 0 aromatic heterocycles. The third-order valence-electron chi connectivity index (χ3n) is 5.38. The molecule has 148 valence electrons. The van der Waals surface area contributed by atoms with Crippen LogP contribution >= 0.6 is 0 Å². The Kier molecular flexibility index (Phi) is 6.31. The Morgan fingerprint density at radius 3 is 2.30 bits per heavy atom. The minimum absolute atomic E-state index is 0.00619. The van der Waals surface area contributed by atoms with Gasteiger partial charge in [-0.25, -0.2) is 4.39 Å². The van der Waals surface area contributed by atoms with E-state index in [1.807, 2.05) is 24.3 Å². The number of methoxy groups -OCH3 is 1. The van der Waals surface area contributed by atoms with Crippen molar-refractivity contribution in [2.75, 3.05) is 46.5 Å². The van der Waals surface area contributed by atoms with Crippen LogP contribution in [0.3, 0.4) is 0 Å². The SMILES string of the molecule is COc1ccc(CCC(=O)N2CCC(F)(C(=O)N3CCOCC3)CC2)cc1. The van der Waals surface area contributed by atoms with Crippen molar-refractivity contribution in [1.82, 2.24) is 9.80 Å². The normalized spacial score (nSPS) is 19.6. The summed E-state index contributed by atoms with van der Waals surface area (Å²) >= 11 is 0. The largest absolute Gasteiger partial charge is 0.497 e. The van der Waals surface area contributed by atoms with Crippen LogP contribution in [0.4, 0.5) is 4.39 Å². The molecule has 0 atom stereocenters. The number of carbonyl (C=O) groups is 2. The molecule has 2 saturated heterocycles. The van der Waals surface area contributed by atoms with Crippen molar-refractivity contribution in [2.45, 2.75) is 31.4 Å². The van der Waals surface area contributed by atoms with Crippen molar-refractivity contribution in [3.63, 3.8) is 0 Å². The number of hydrogen-bond acceptors (Lipinski definition) is 4. The molecule has 2 aliphatic heterocycles. The third-order valence-corrected chi connectivity index (χ3v) is 5.38. The second-order valence-electron chi connectivity index (χ2n) is 7.10. The first kappa shape index (κ1) is 19.6. The average molecular weight is 378 g/mol. The number of rotatable bonds is 5. The Balaban J connectivity index is 1.47. The number of amides is 2. The van der Waals surface area contributed by atoms with Crippen LogP contribution in [-0.4, -0.2) is 73.8 Å². The first-order chi connectivity index (χ1) is 13.0. The highest BCUT2D eigenvalue weighted by molar-refractivity contribution is 5.86. The number of piperidine rings is 1. The molecular weight excluding hydrogens is 351 g/mol. The Morgan fingerprint density at radius 1 is 1.07 bits per heavy atom. The average Bonchev–Trinajstić information content (AvgIpc) is 2.73. The molecule has 0 aliphatic carbocycles. The number of aryl methyl sites for hydroxylation is 1. The molecule has 1 aromatic carbocycles. The molecule has 1 aromatic rings. The predicted octanol–water partition coefficient (Wildman–Crippen LogP) is 1.82. The molecule has 2 fully saturated rings. The van der Waals surface area contributed by atoms with Crippen molar-refractivity contribution in [3.8, 4) is 5.75 Å². The summed E-state index contributed by atoms with van der Waals surface area (Å²) in [6, 6.07) is 7.62. The Bertz CT molecular complexity index is 650. The summed E-state index contributed by atoms with van der Waals surface area (Å²) in [5.41, 5.74) is -0.798. The monoisotopic (exact) mass is 378 g/mol. The van der Waals surface area contributed by atoms with E-state index in [2.05, 4.69) is 0 Å². The van der Waals surface area contributed by atoms with Gasteiger partial charge in [-0.05, 0) is 24.1 Å². The number of nitrogens with zero attached hydrogens (tertiary/aromatic N) is 2. The van der Waals surface area contributed by atoms with Gasteiger partial charge in [-0.2, -0.15) is 0 Å².